The van der Waals surface area contributed by atoms with Gasteiger partial charge in [-0.15, -0.1) is 0 Å². The largest absolute Gasteiger partial charge is 0.381 e. The Balaban J connectivity index is 2.04. The number of halogens is 2. The van der Waals surface area contributed by atoms with Gasteiger partial charge in [0.25, 0.3) is 0 Å². The van der Waals surface area contributed by atoms with E-state index in [0.29, 0.717) is 5.92 Å². The second-order valence-corrected chi connectivity index (χ2v) is 4.81. The van der Waals surface area contributed by atoms with E-state index in [1.165, 1.54) is 12.1 Å². The van der Waals surface area contributed by atoms with E-state index in [9.17, 15) is 8.78 Å². The predicted molar refractivity (Wildman–Crippen MR) is 66.3 cm³/mol. The van der Waals surface area contributed by atoms with Crippen molar-refractivity contribution in [3.8, 4) is 0 Å². The van der Waals surface area contributed by atoms with Crippen LogP contribution in [0.15, 0.2) is 18.2 Å². The van der Waals surface area contributed by atoms with Crippen molar-refractivity contribution in [3.63, 3.8) is 0 Å². The Kier molecular flexibility index (Phi) is 4.66. The third-order valence-corrected chi connectivity index (χ3v) is 3.60. The fourth-order valence-electron chi connectivity index (χ4n) is 2.47. The summed E-state index contributed by atoms with van der Waals surface area (Å²) in [5.74, 6) is -0.983. The first-order valence-corrected chi connectivity index (χ1v) is 6.40. The van der Waals surface area contributed by atoms with Gasteiger partial charge in [-0.25, -0.2) is 8.78 Å². The summed E-state index contributed by atoms with van der Waals surface area (Å²) in [7, 11) is 1.85. The highest BCUT2D eigenvalue weighted by atomic mass is 19.2. The summed E-state index contributed by atoms with van der Waals surface area (Å²) in [6, 6.07) is 4.21. The minimum Gasteiger partial charge on any atom is -0.381 e. The highest BCUT2D eigenvalue weighted by Gasteiger charge is 2.20. The Bertz CT molecular complexity index is 391. The lowest BCUT2D eigenvalue weighted by molar-refractivity contribution is 0.0608. The van der Waals surface area contributed by atoms with E-state index in [4.69, 9.17) is 4.74 Å². The number of hydrogen-bond acceptors (Lipinski definition) is 2. The average Bonchev–Trinajstić information content (AvgIpc) is 2.40. The summed E-state index contributed by atoms with van der Waals surface area (Å²) in [5, 5.41) is 3.18. The maximum atomic E-state index is 13.2. The summed E-state index contributed by atoms with van der Waals surface area (Å²) in [6.07, 6.45) is 3.02. The number of ether oxygens (including phenoxy) is 1. The maximum absolute atomic E-state index is 13.2. The fourth-order valence-corrected chi connectivity index (χ4v) is 2.47. The fraction of sp³-hybridized carbons (Fsp3) is 0.571. The molecule has 1 N–H and O–H groups in total. The molecule has 2 nitrogen and oxygen atoms in total. The minimum atomic E-state index is -0.792. The van der Waals surface area contributed by atoms with Crippen LogP contribution in [0.1, 0.15) is 30.9 Å². The van der Waals surface area contributed by atoms with Gasteiger partial charge in [-0.05, 0) is 49.9 Å². The summed E-state index contributed by atoms with van der Waals surface area (Å²) < 4.78 is 31.5. The first-order valence-electron chi connectivity index (χ1n) is 6.40. The monoisotopic (exact) mass is 255 g/mol. The van der Waals surface area contributed by atoms with Gasteiger partial charge >= 0.3 is 0 Å². The van der Waals surface area contributed by atoms with Crippen LogP contribution in [0.25, 0.3) is 0 Å². The minimum absolute atomic E-state index is 0.0724. The molecule has 1 aromatic rings. The number of hydrogen-bond donors (Lipinski definition) is 1. The molecule has 2 rings (SSSR count). The Hall–Kier alpha value is -1.00. The van der Waals surface area contributed by atoms with E-state index < -0.39 is 11.6 Å². The van der Waals surface area contributed by atoms with Crippen LogP contribution in [0, 0.1) is 17.6 Å². The average molecular weight is 255 g/mol. The smallest absolute Gasteiger partial charge is 0.159 e. The Morgan fingerprint density at radius 1 is 1.28 bits per heavy atom. The Morgan fingerprint density at radius 3 is 2.61 bits per heavy atom. The van der Waals surface area contributed by atoms with Gasteiger partial charge in [0.1, 0.15) is 0 Å². The lowest BCUT2D eigenvalue weighted by Crippen LogP contribution is -2.24. The van der Waals surface area contributed by atoms with Crippen LogP contribution in [0.5, 0.6) is 0 Å². The topological polar surface area (TPSA) is 21.3 Å². The van der Waals surface area contributed by atoms with Gasteiger partial charge in [-0.3, -0.25) is 0 Å². The third-order valence-electron chi connectivity index (χ3n) is 3.60. The van der Waals surface area contributed by atoms with Crippen molar-refractivity contribution in [2.75, 3.05) is 20.3 Å². The van der Waals surface area contributed by atoms with Crippen LogP contribution < -0.4 is 5.32 Å². The molecule has 4 heteroatoms. The van der Waals surface area contributed by atoms with Crippen LogP contribution >= 0.6 is 0 Å². The molecule has 18 heavy (non-hydrogen) atoms. The molecule has 0 radical (unpaired) electrons. The van der Waals surface area contributed by atoms with E-state index in [-0.39, 0.29) is 6.04 Å². The Morgan fingerprint density at radius 2 is 2.00 bits per heavy atom. The van der Waals surface area contributed by atoms with Crippen molar-refractivity contribution >= 4 is 0 Å². The lowest BCUT2D eigenvalue weighted by Gasteiger charge is -2.26. The van der Waals surface area contributed by atoms with Crippen molar-refractivity contribution in [1.29, 1.82) is 0 Å². The highest BCUT2D eigenvalue weighted by molar-refractivity contribution is 5.21. The molecule has 1 saturated heterocycles. The maximum Gasteiger partial charge on any atom is 0.159 e. The van der Waals surface area contributed by atoms with Crippen molar-refractivity contribution in [3.05, 3.63) is 35.4 Å². The van der Waals surface area contributed by atoms with Crippen LogP contribution in [0.4, 0.5) is 8.78 Å². The molecule has 1 fully saturated rings. The molecule has 0 amide bonds. The summed E-state index contributed by atoms with van der Waals surface area (Å²) in [6.45, 7) is 1.61. The highest BCUT2D eigenvalue weighted by Crippen LogP contribution is 2.28. The quantitative estimate of drug-likeness (QED) is 0.893. The molecule has 1 unspecified atom stereocenters. The van der Waals surface area contributed by atoms with E-state index in [1.807, 2.05) is 7.05 Å². The molecule has 1 aliphatic heterocycles. The molecule has 0 aromatic heterocycles. The predicted octanol–water partition coefficient (Wildman–Crippen LogP) is 3.04. The van der Waals surface area contributed by atoms with Crippen LogP contribution in [-0.4, -0.2) is 20.3 Å². The zero-order valence-electron chi connectivity index (χ0n) is 10.6. The van der Waals surface area contributed by atoms with Gasteiger partial charge in [0.2, 0.25) is 0 Å². The molecule has 0 saturated carbocycles. The standard InChI is InChI=1S/C14H19F2NO/c1-17-14(8-10-4-6-18-7-5-10)11-2-3-12(15)13(16)9-11/h2-3,9-10,14,17H,4-8H2,1H3. The first kappa shape index (κ1) is 13.4. The molecule has 1 atom stereocenters. The van der Waals surface area contributed by atoms with E-state index in [0.717, 1.165) is 38.0 Å². The van der Waals surface area contributed by atoms with Crippen LogP contribution in [-0.2, 0) is 4.74 Å². The van der Waals surface area contributed by atoms with Gasteiger partial charge in [0.15, 0.2) is 11.6 Å². The zero-order chi connectivity index (χ0) is 13.0. The molecule has 100 valence electrons. The summed E-state index contributed by atoms with van der Waals surface area (Å²) in [5.41, 5.74) is 0.808. The number of rotatable bonds is 4. The SMILES string of the molecule is CNC(CC1CCOCC1)c1ccc(F)c(F)c1. The van der Waals surface area contributed by atoms with Crippen LogP contribution in [0.2, 0.25) is 0 Å². The zero-order valence-corrected chi connectivity index (χ0v) is 10.6. The first-order chi connectivity index (χ1) is 8.70. The number of nitrogens with one attached hydrogen (secondary N) is 1. The van der Waals surface area contributed by atoms with Crippen molar-refractivity contribution in [2.45, 2.75) is 25.3 Å². The second kappa shape index (κ2) is 6.25. The third kappa shape index (κ3) is 3.27. The molecule has 0 bridgehead atoms. The van der Waals surface area contributed by atoms with Gasteiger partial charge in [-0.1, -0.05) is 6.07 Å². The molecular formula is C14H19F2NO. The van der Waals surface area contributed by atoms with E-state index in [2.05, 4.69) is 5.32 Å². The van der Waals surface area contributed by atoms with E-state index >= 15 is 0 Å². The van der Waals surface area contributed by atoms with E-state index in [1.54, 1.807) is 6.07 Å². The summed E-state index contributed by atoms with van der Waals surface area (Å²) in [4.78, 5) is 0. The van der Waals surface area contributed by atoms with Crippen LogP contribution in [0.3, 0.4) is 0 Å². The van der Waals surface area contributed by atoms with Crippen molar-refractivity contribution in [2.24, 2.45) is 5.92 Å². The molecule has 1 aliphatic rings. The molecule has 1 aromatic carbocycles. The molecular weight excluding hydrogens is 236 g/mol. The van der Waals surface area contributed by atoms with Crippen molar-refractivity contribution < 1.29 is 13.5 Å². The van der Waals surface area contributed by atoms with Gasteiger partial charge < -0.3 is 10.1 Å². The van der Waals surface area contributed by atoms with Gasteiger partial charge in [0.05, 0.1) is 0 Å². The second-order valence-electron chi connectivity index (χ2n) is 4.81. The molecule has 0 spiro atoms. The van der Waals surface area contributed by atoms with Gasteiger partial charge in [-0.2, -0.15) is 0 Å². The summed E-state index contributed by atoms with van der Waals surface area (Å²) >= 11 is 0. The molecule has 0 aliphatic carbocycles. The normalized spacial score (nSPS) is 18.8. The number of benzene rings is 1. The molecule has 1 heterocycles. The van der Waals surface area contributed by atoms with Gasteiger partial charge in [0, 0.05) is 19.3 Å². The van der Waals surface area contributed by atoms with Crippen molar-refractivity contribution in [1.82, 2.24) is 5.32 Å². The Labute approximate surface area is 106 Å². The lowest BCUT2D eigenvalue weighted by atomic mass is 9.89.